The number of piperidine rings is 1. The zero-order chi connectivity index (χ0) is 22.0. The lowest BCUT2D eigenvalue weighted by atomic mass is 10.1. The first-order chi connectivity index (χ1) is 15.0. The van der Waals surface area contributed by atoms with E-state index < -0.39 is 11.6 Å². The molecule has 3 aromatic rings. The normalized spacial score (nSPS) is 14.5. The van der Waals surface area contributed by atoms with Gasteiger partial charge in [-0.1, -0.05) is 6.07 Å². The summed E-state index contributed by atoms with van der Waals surface area (Å²) < 4.78 is 36.2. The van der Waals surface area contributed by atoms with E-state index in [2.05, 4.69) is 15.3 Å². The molecule has 0 saturated carbocycles. The SMILES string of the molecule is CNc1cc(-c2ccc(C#N)c(F)c2)n(-c2ccc(N3CCC(OC)CC3)cc2F)n1. The number of nitrogens with zero attached hydrogens (tertiary/aromatic N) is 4. The zero-order valence-corrected chi connectivity index (χ0v) is 17.4. The molecular formula is C23H23F2N5O. The molecule has 0 radical (unpaired) electrons. The van der Waals surface area contributed by atoms with Gasteiger partial charge >= 0.3 is 0 Å². The molecule has 0 atom stereocenters. The Kier molecular flexibility index (Phi) is 5.87. The number of anilines is 2. The van der Waals surface area contributed by atoms with Crippen LogP contribution in [0.4, 0.5) is 20.3 Å². The van der Waals surface area contributed by atoms with Gasteiger partial charge in [0.05, 0.1) is 17.4 Å². The molecule has 0 amide bonds. The third kappa shape index (κ3) is 4.09. The van der Waals surface area contributed by atoms with E-state index in [1.54, 1.807) is 32.4 Å². The molecule has 31 heavy (non-hydrogen) atoms. The van der Waals surface area contributed by atoms with Gasteiger partial charge in [0.25, 0.3) is 0 Å². The number of ether oxygens (including phenoxy) is 1. The smallest absolute Gasteiger partial charge is 0.150 e. The fourth-order valence-electron chi connectivity index (χ4n) is 3.87. The maximum atomic E-state index is 15.2. The molecule has 2 aromatic carbocycles. The molecule has 1 saturated heterocycles. The topological polar surface area (TPSA) is 66.1 Å². The van der Waals surface area contributed by atoms with Gasteiger partial charge in [-0.3, -0.25) is 0 Å². The van der Waals surface area contributed by atoms with E-state index >= 15 is 4.39 Å². The number of benzene rings is 2. The van der Waals surface area contributed by atoms with Crippen LogP contribution < -0.4 is 10.2 Å². The van der Waals surface area contributed by atoms with E-state index in [0.29, 0.717) is 17.1 Å². The molecule has 1 aromatic heterocycles. The quantitative estimate of drug-likeness (QED) is 0.661. The maximum absolute atomic E-state index is 15.2. The van der Waals surface area contributed by atoms with Crippen molar-refractivity contribution in [1.29, 1.82) is 5.26 Å². The van der Waals surface area contributed by atoms with Crippen molar-refractivity contribution < 1.29 is 13.5 Å². The Morgan fingerprint density at radius 1 is 1.10 bits per heavy atom. The highest BCUT2D eigenvalue weighted by Gasteiger charge is 2.21. The van der Waals surface area contributed by atoms with E-state index in [4.69, 9.17) is 10.00 Å². The van der Waals surface area contributed by atoms with E-state index in [1.807, 2.05) is 12.1 Å². The van der Waals surface area contributed by atoms with E-state index in [1.165, 1.54) is 22.9 Å². The lowest BCUT2D eigenvalue weighted by Gasteiger charge is -2.33. The average Bonchev–Trinajstić information content (AvgIpc) is 3.23. The number of nitriles is 1. The van der Waals surface area contributed by atoms with Crippen molar-refractivity contribution in [2.45, 2.75) is 18.9 Å². The largest absolute Gasteiger partial charge is 0.381 e. The van der Waals surface area contributed by atoms with Crippen LogP contribution >= 0.6 is 0 Å². The molecule has 1 aliphatic heterocycles. The van der Waals surface area contributed by atoms with Gasteiger partial charge in [-0.05, 0) is 43.2 Å². The van der Waals surface area contributed by atoms with E-state index in [-0.39, 0.29) is 17.4 Å². The summed E-state index contributed by atoms with van der Waals surface area (Å²) in [6.45, 7) is 1.61. The summed E-state index contributed by atoms with van der Waals surface area (Å²) in [5, 5.41) is 16.3. The molecule has 0 unspecified atom stereocenters. The molecule has 0 bridgehead atoms. The summed E-state index contributed by atoms with van der Waals surface area (Å²) in [7, 11) is 3.43. The number of nitrogens with one attached hydrogen (secondary N) is 1. The molecule has 1 aliphatic rings. The Balaban J connectivity index is 1.69. The van der Waals surface area contributed by atoms with Gasteiger partial charge < -0.3 is 15.0 Å². The molecular weight excluding hydrogens is 400 g/mol. The van der Waals surface area contributed by atoms with E-state index in [9.17, 15) is 4.39 Å². The minimum absolute atomic E-state index is 0.0450. The highest BCUT2D eigenvalue weighted by molar-refractivity contribution is 5.67. The molecule has 0 aliphatic carbocycles. The number of rotatable bonds is 5. The Morgan fingerprint density at radius 3 is 2.48 bits per heavy atom. The monoisotopic (exact) mass is 423 g/mol. The van der Waals surface area contributed by atoms with Crippen LogP contribution in [-0.4, -0.2) is 43.1 Å². The van der Waals surface area contributed by atoms with Gasteiger partial charge in [0.2, 0.25) is 0 Å². The summed E-state index contributed by atoms with van der Waals surface area (Å²) in [6.07, 6.45) is 2.05. The van der Waals surface area contributed by atoms with Crippen molar-refractivity contribution in [3.05, 3.63) is 59.7 Å². The Morgan fingerprint density at radius 2 is 1.87 bits per heavy atom. The number of aromatic nitrogens is 2. The van der Waals surface area contributed by atoms with Gasteiger partial charge in [0.15, 0.2) is 5.82 Å². The third-order valence-corrected chi connectivity index (χ3v) is 5.65. The van der Waals surface area contributed by atoms with Crippen LogP contribution in [0, 0.1) is 23.0 Å². The molecule has 1 fully saturated rings. The van der Waals surface area contributed by atoms with Crippen LogP contribution in [-0.2, 0) is 4.74 Å². The first-order valence-corrected chi connectivity index (χ1v) is 10.1. The predicted molar refractivity (Wildman–Crippen MR) is 115 cm³/mol. The van der Waals surface area contributed by atoms with Crippen molar-refractivity contribution in [2.24, 2.45) is 0 Å². The highest BCUT2D eigenvalue weighted by Crippen LogP contribution is 2.30. The summed E-state index contributed by atoms with van der Waals surface area (Å²) >= 11 is 0. The standard InChI is InChI=1S/C23H23F2N5O/c1-27-23-13-22(15-3-4-16(14-26)19(24)11-15)30(28-23)21-6-5-17(12-20(21)25)29-9-7-18(31-2)8-10-29/h3-6,11-13,18H,7-10H2,1-2H3,(H,27,28). The van der Waals surface area contributed by atoms with Crippen molar-refractivity contribution in [3.8, 4) is 23.0 Å². The molecule has 0 spiro atoms. The second-order valence-electron chi connectivity index (χ2n) is 7.44. The zero-order valence-electron chi connectivity index (χ0n) is 17.4. The predicted octanol–water partition coefficient (Wildman–Crippen LogP) is 4.35. The Bertz CT molecular complexity index is 1130. The highest BCUT2D eigenvalue weighted by atomic mass is 19.1. The number of methoxy groups -OCH3 is 1. The van der Waals surface area contributed by atoms with Crippen LogP contribution in [0.5, 0.6) is 0 Å². The lowest BCUT2D eigenvalue weighted by Crippen LogP contribution is -2.36. The second-order valence-corrected chi connectivity index (χ2v) is 7.44. The molecule has 6 nitrogen and oxygen atoms in total. The number of halogens is 2. The Labute approximate surface area is 179 Å². The van der Waals surface area contributed by atoms with Gasteiger partial charge in [0.1, 0.15) is 23.4 Å². The van der Waals surface area contributed by atoms with Crippen LogP contribution in [0.1, 0.15) is 18.4 Å². The van der Waals surface area contributed by atoms with Gasteiger partial charge in [-0.15, -0.1) is 5.10 Å². The summed E-state index contributed by atoms with van der Waals surface area (Å²) in [5.74, 6) is -0.536. The van der Waals surface area contributed by atoms with E-state index in [0.717, 1.165) is 31.6 Å². The molecule has 8 heteroatoms. The molecule has 160 valence electrons. The van der Waals surface area contributed by atoms with Crippen LogP contribution in [0.15, 0.2) is 42.5 Å². The second kappa shape index (κ2) is 8.74. The molecule has 2 heterocycles. The van der Waals surface area contributed by atoms with Crippen molar-refractivity contribution in [3.63, 3.8) is 0 Å². The van der Waals surface area contributed by atoms with Gasteiger partial charge in [-0.2, -0.15) is 5.26 Å². The molecule has 4 rings (SSSR count). The van der Waals surface area contributed by atoms with Crippen molar-refractivity contribution in [2.75, 3.05) is 37.5 Å². The first-order valence-electron chi connectivity index (χ1n) is 10.1. The summed E-state index contributed by atoms with van der Waals surface area (Å²) in [5.41, 5.74) is 2.03. The fourth-order valence-corrected chi connectivity index (χ4v) is 3.87. The average molecular weight is 423 g/mol. The lowest BCUT2D eigenvalue weighted by molar-refractivity contribution is 0.0819. The van der Waals surface area contributed by atoms with Crippen LogP contribution in [0.25, 0.3) is 16.9 Å². The number of hydrogen-bond acceptors (Lipinski definition) is 5. The fraction of sp³-hybridized carbons (Fsp3) is 0.304. The summed E-state index contributed by atoms with van der Waals surface area (Å²) in [6, 6.07) is 12.9. The molecule has 1 N–H and O–H groups in total. The number of hydrogen-bond donors (Lipinski definition) is 1. The van der Waals surface area contributed by atoms with Crippen molar-refractivity contribution >= 4 is 11.5 Å². The Hall–Kier alpha value is -3.44. The minimum atomic E-state index is -0.631. The van der Waals surface area contributed by atoms with Crippen LogP contribution in [0.3, 0.4) is 0 Å². The van der Waals surface area contributed by atoms with Crippen LogP contribution in [0.2, 0.25) is 0 Å². The first kappa shape index (κ1) is 20.8. The van der Waals surface area contributed by atoms with Crippen molar-refractivity contribution in [1.82, 2.24) is 9.78 Å². The van der Waals surface area contributed by atoms with Gasteiger partial charge in [-0.25, -0.2) is 13.5 Å². The van der Waals surface area contributed by atoms with Gasteiger partial charge in [0, 0.05) is 44.6 Å². The maximum Gasteiger partial charge on any atom is 0.150 e. The third-order valence-electron chi connectivity index (χ3n) is 5.65. The summed E-state index contributed by atoms with van der Waals surface area (Å²) in [4.78, 5) is 2.14. The minimum Gasteiger partial charge on any atom is -0.381 e.